The monoisotopic (exact) mass is 232 g/mol. The van der Waals surface area contributed by atoms with Crippen LogP contribution in [0.1, 0.15) is 41.0 Å². The second-order valence-electron chi connectivity index (χ2n) is 5.96. The molecule has 0 fully saturated rings. The van der Waals surface area contributed by atoms with Gasteiger partial charge >= 0.3 is 0 Å². The highest BCUT2D eigenvalue weighted by molar-refractivity contribution is 5.93. The molecule has 2 unspecified atom stereocenters. The molecule has 0 aromatic heterocycles. The molecule has 0 aromatic carbocycles. The summed E-state index contributed by atoms with van der Waals surface area (Å²) in [6, 6.07) is 0. The van der Waals surface area contributed by atoms with Crippen LogP contribution in [0, 0.1) is 17.3 Å². The third-order valence-corrected chi connectivity index (χ3v) is 3.45. The fourth-order valence-corrected chi connectivity index (χ4v) is 2.62. The highest BCUT2D eigenvalue weighted by Crippen LogP contribution is 2.41. The molecule has 2 atom stereocenters. The maximum atomic E-state index is 12.3. The maximum Gasteiger partial charge on any atom is 0.159 e. The Morgan fingerprint density at radius 1 is 1.35 bits per heavy atom. The second-order valence-corrected chi connectivity index (χ2v) is 5.96. The first-order valence-corrected chi connectivity index (χ1v) is 6.36. The number of hydrogen-bond acceptors (Lipinski definition) is 1. The van der Waals surface area contributed by atoms with E-state index in [1.807, 2.05) is 26.0 Å². The first kappa shape index (κ1) is 14.0. The Kier molecular flexibility index (Phi) is 4.50. The van der Waals surface area contributed by atoms with Gasteiger partial charge in [-0.25, -0.2) is 0 Å². The Hall–Kier alpha value is -1.11. The van der Waals surface area contributed by atoms with Crippen molar-refractivity contribution in [3.8, 4) is 0 Å². The number of ketones is 1. The molecule has 0 amide bonds. The lowest BCUT2D eigenvalue weighted by molar-refractivity contribution is -0.123. The summed E-state index contributed by atoms with van der Waals surface area (Å²) in [4.78, 5) is 12.3. The van der Waals surface area contributed by atoms with Gasteiger partial charge in [-0.15, -0.1) is 0 Å². The van der Waals surface area contributed by atoms with Crippen LogP contribution in [0.2, 0.25) is 0 Å². The molecule has 1 aliphatic rings. The molecule has 0 aliphatic heterocycles. The lowest BCUT2D eigenvalue weighted by Gasteiger charge is -2.38. The fraction of sp³-hybridized carbons (Fsp3) is 0.562. The van der Waals surface area contributed by atoms with Crippen molar-refractivity contribution in [2.75, 3.05) is 0 Å². The fourth-order valence-electron chi connectivity index (χ4n) is 2.62. The highest BCUT2D eigenvalue weighted by atomic mass is 16.1. The van der Waals surface area contributed by atoms with E-state index in [1.165, 1.54) is 5.57 Å². The molecule has 0 spiro atoms. The van der Waals surface area contributed by atoms with Gasteiger partial charge in [0.25, 0.3) is 0 Å². The smallest absolute Gasteiger partial charge is 0.159 e. The van der Waals surface area contributed by atoms with Crippen molar-refractivity contribution >= 4 is 5.78 Å². The second kappa shape index (κ2) is 5.48. The number of carbonyl (C=O) groups excluding carboxylic acids is 1. The molecule has 0 saturated heterocycles. The molecule has 0 heterocycles. The van der Waals surface area contributed by atoms with Crippen molar-refractivity contribution in [3.05, 3.63) is 36.0 Å². The van der Waals surface area contributed by atoms with E-state index in [4.69, 9.17) is 0 Å². The first-order valence-electron chi connectivity index (χ1n) is 6.36. The van der Waals surface area contributed by atoms with Crippen LogP contribution in [0.15, 0.2) is 36.0 Å². The van der Waals surface area contributed by atoms with Gasteiger partial charge in [0.2, 0.25) is 0 Å². The Labute approximate surface area is 105 Å². The van der Waals surface area contributed by atoms with E-state index in [0.717, 1.165) is 6.42 Å². The van der Waals surface area contributed by atoms with Crippen LogP contribution < -0.4 is 0 Å². The third kappa shape index (κ3) is 3.69. The average molecular weight is 232 g/mol. The van der Waals surface area contributed by atoms with Crippen molar-refractivity contribution in [2.24, 2.45) is 17.3 Å². The van der Waals surface area contributed by atoms with E-state index in [-0.39, 0.29) is 17.1 Å². The van der Waals surface area contributed by atoms with Crippen LogP contribution in [0.5, 0.6) is 0 Å². The van der Waals surface area contributed by atoms with Crippen molar-refractivity contribution in [1.82, 2.24) is 0 Å². The maximum absolute atomic E-state index is 12.3. The van der Waals surface area contributed by atoms with Gasteiger partial charge in [0.1, 0.15) is 0 Å². The normalized spacial score (nSPS) is 27.1. The molecule has 1 aliphatic carbocycles. The van der Waals surface area contributed by atoms with E-state index in [0.29, 0.717) is 5.92 Å². The number of rotatable bonds is 3. The number of carbonyl (C=O) groups is 1. The van der Waals surface area contributed by atoms with Gasteiger partial charge in [0, 0.05) is 5.92 Å². The quantitative estimate of drug-likeness (QED) is 0.402. The van der Waals surface area contributed by atoms with E-state index in [1.54, 1.807) is 6.08 Å². The summed E-state index contributed by atoms with van der Waals surface area (Å²) in [6.45, 7) is 10.6. The summed E-state index contributed by atoms with van der Waals surface area (Å²) < 4.78 is 0. The number of hydrogen-bond donors (Lipinski definition) is 0. The van der Waals surface area contributed by atoms with Crippen molar-refractivity contribution in [1.29, 1.82) is 0 Å². The standard InChI is InChI=1S/C16H24O/c1-12(2)8-6-10-14(17)15-13(3)9-7-11-16(15,4)5/h6-10,13,15H,11H2,1-5H3. The van der Waals surface area contributed by atoms with Crippen LogP contribution in [0.25, 0.3) is 0 Å². The zero-order chi connectivity index (χ0) is 13.1. The third-order valence-electron chi connectivity index (χ3n) is 3.45. The van der Waals surface area contributed by atoms with Crippen LogP contribution >= 0.6 is 0 Å². The zero-order valence-electron chi connectivity index (χ0n) is 11.7. The number of allylic oxidation sites excluding steroid dienone is 6. The zero-order valence-corrected chi connectivity index (χ0v) is 11.7. The topological polar surface area (TPSA) is 17.1 Å². The Balaban J connectivity index is 2.83. The van der Waals surface area contributed by atoms with Crippen molar-refractivity contribution in [3.63, 3.8) is 0 Å². The minimum atomic E-state index is 0.0700. The minimum absolute atomic E-state index is 0.0700. The van der Waals surface area contributed by atoms with Crippen LogP contribution in [0.4, 0.5) is 0 Å². The predicted octanol–water partition coefficient (Wildman–Crippen LogP) is 4.32. The molecule has 0 N–H and O–H groups in total. The molecule has 94 valence electrons. The van der Waals surface area contributed by atoms with E-state index in [9.17, 15) is 4.79 Å². The summed E-state index contributed by atoms with van der Waals surface area (Å²) in [5.41, 5.74) is 1.28. The lowest BCUT2D eigenvalue weighted by atomic mass is 9.65. The molecule has 0 radical (unpaired) electrons. The lowest BCUT2D eigenvalue weighted by Crippen LogP contribution is -2.36. The van der Waals surface area contributed by atoms with Crippen LogP contribution in [-0.4, -0.2) is 5.78 Å². The van der Waals surface area contributed by atoms with Crippen molar-refractivity contribution < 1.29 is 4.79 Å². The van der Waals surface area contributed by atoms with Gasteiger partial charge in [-0.3, -0.25) is 4.79 Å². The average Bonchev–Trinajstić information content (AvgIpc) is 2.15. The van der Waals surface area contributed by atoms with Crippen LogP contribution in [-0.2, 0) is 4.79 Å². The molecule has 0 bridgehead atoms. The molecule has 0 aromatic rings. The van der Waals surface area contributed by atoms with Gasteiger partial charge in [0.05, 0.1) is 0 Å². The van der Waals surface area contributed by atoms with Gasteiger partial charge in [0.15, 0.2) is 5.78 Å². The summed E-state index contributed by atoms with van der Waals surface area (Å²) >= 11 is 0. The van der Waals surface area contributed by atoms with Crippen molar-refractivity contribution in [2.45, 2.75) is 41.0 Å². The highest BCUT2D eigenvalue weighted by Gasteiger charge is 2.38. The molecular formula is C16H24O. The van der Waals surface area contributed by atoms with Crippen LogP contribution in [0.3, 0.4) is 0 Å². The SMILES string of the molecule is CC(C)=CC=CC(=O)C1C(C)C=CCC1(C)C. The van der Waals surface area contributed by atoms with Gasteiger partial charge in [-0.2, -0.15) is 0 Å². The Morgan fingerprint density at radius 3 is 2.53 bits per heavy atom. The van der Waals surface area contributed by atoms with E-state index in [2.05, 4.69) is 32.9 Å². The van der Waals surface area contributed by atoms with Gasteiger partial charge in [-0.1, -0.05) is 50.6 Å². The summed E-state index contributed by atoms with van der Waals surface area (Å²) in [7, 11) is 0. The molecule has 1 rings (SSSR count). The molecule has 1 nitrogen and oxygen atoms in total. The summed E-state index contributed by atoms with van der Waals surface area (Å²) in [5, 5.41) is 0. The van der Waals surface area contributed by atoms with E-state index >= 15 is 0 Å². The van der Waals surface area contributed by atoms with Gasteiger partial charge < -0.3 is 0 Å². The Morgan fingerprint density at radius 2 is 2.00 bits per heavy atom. The summed E-state index contributed by atoms with van der Waals surface area (Å²) in [6.07, 6.45) is 10.9. The Bertz CT molecular complexity index is 365. The molecule has 1 heteroatoms. The van der Waals surface area contributed by atoms with Gasteiger partial charge in [-0.05, 0) is 37.7 Å². The predicted molar refractivity (Wildman–Crippen MR) is 73.8 cm³/mol. The molecule has 17 heavy (non-hydrogen) atoms. The largest absolute Gasteiger partial charge is 0.295 e. The summed E-state index contributed by atoms with van der Waals surface area (Å²) in [5.74, 6) is 0.696. The molecule has 0 saturated carbocycles. The first-order chi connectivity index (χ1) is 7.84. The molecular weight excluding hydrogens is 208 g/mol. The minimum Gasteiger partial charge on any atom is -0.295 e. The van der Waals surface area contributed by atoms with E-state index < -0.39 is 0 Å².